The van der Waals surface area contributed by atoms with E-state index in [-0.39, 0.29) is 5.97 Å². The lowest BCUT2D eigenvalue weighted by Crippen LogP contribution is -2.43. The van der Waals surface area contributed by atoms with Crippen LogP contribution in [0.3, 0.4) is 0 Å². The Morgan fingerprint density at radius 1 is 1.13 bits per heavy atom. The molecule has 1 N–H and O–H groups in total. The Labute approximate surface area is 141 Å². The quantitative estimate of drug-likeness (QED) is 0.862. The highest BCUT2D eigenvalue weighted by molar-refractivity contribution is 6.31. The minimum atomic E-state index is -0.558. The standard InChI is InChI=1S/C19H20ClNO2/c1-14-13-15(7-8-17(14)20)18(22)23-19(9-11-21-12-10-19)16-5-3-2-4-6-16/h2-8,13,21H,9-12H2,1H3. The maximum atomic E-state index is 12.7. The van der Waals surface area contributed by atoms with Crippen LogP contribution in [0.1, 0.15) is 34.3 Å². The van der Waals surface area contributed by atoms with E-state index in [0.29, 0.717) is 10.6 Å². The summed E-state index contributed by atoms with van der Waals surface area (Å²) in [5, 5.41) is 3.98. The van der Waals surface area contributed by atoms with Crippen molar-refractivity contribution < 1.29 is 9.53 Å². The first-order valence-electron chi connectivity index (χ1n) is 7.86. The highest BCUT2D eigenvalue weighted by atomic mass is 35.5. The molecule has 1 aliphatic heterocycles. The van der Waals surface area contributed by atoms with Crippen molar-refractivity contribution in [2.75, 3.05) is 13.1 Å². The summed E-state index contributed by atoms with van der Waals surface area (Å²) in [6, 6.07) is 15.3. The summed E-state index contributed by atoms with van der Waals surface area (Å²) < 4.78 is 6.02. The molecule has 120 valence electrons. The van der Waals surface area contributed by atoms with Crippen molar-refractivity contribution in [1.29, 1.82) is 0 Å². The Kier molecular flexibility index (Phi) is 4.69. The molecular formula is C19H20ClNO2. The third-order valence-electron chi connectivity index (χ3n) is 4.39. The van der Waals surface area contributed by atoms with E-state index in [0.717, 1.165) is 37.1 Å². The molecular weight excluding hydrogens is 310 g/mol. The molecule has 0 spiro atoms. The first-order valence-corrected chi connectivity index (χ1v) is 8.24. The number of halogens is 1. The molecule has 0 amide bonds. The first-order chi connectivity index (χ1) is 11.1. The van der Waals surface area contributed by atoms with Crippen LogP contribution in [0.2, 0.25) is 5.02 Å². The van der Waals surface area contributed by atoms with Gasteiger partial charge in [0.1, 0.15) is 5.60 Å². The van der Waals surface area contributed by atoms with Gasteiger partial charge in [0.05, 0.1) is 5.56 Å². The maximum Gasteiger partial charge on any atom is 0.339 e. The number of carbonyl (C=O) groups excluding carboxylic acids is 1. The maximum absolute atomic E-state index is 12.7. The van der Waals surface area contributed by atoms with Crippen molar-refractivity contribution in [2.24, 2.45) is 0 Å². The molecule has 3 nitrogen and oxygen atoms in total. The summed E-state index contributed by atoms with van der Waals surface area (Å²) in [6.45, 7) is 3.56. The van der Waals surface area contributed by atoms with Gasteiger partial charge in [0, 0.05) is 17.9 Å². The summed E-state index contributed by atoms with van der Waals surface area (Å²) in [5.74, 6) is -0.296. The second-order valence-corrected chi connectivity index (χ2v) is 6.37. The van der Waals surface area contributed by atoms with E-state index in [9.17, 15) is 4.79 Å². The highest BCUT2D eigenvalue weighted by Crippen LogP contribution is 2.35. The van der Waals surface area contributed by atoms with Crippen LogP contribution in [-0.4, -0.2) is 19.1 Å². The highest BCUT2D eigenvalue weighted by Gasteiger charge is 2.38. The summed E-state index contributed by atoms with van der Waals surface area (Å²) in [6.07, 6.45) is 1.55. The van der Waals surface area contributed by atoms with Crippen LogP contribution in [0.4, 0.5) is 0 Å². The minimum absolute atomic E-state index is 0.296. The van der Waals surface area contributed by atoms with E-state index in [1.807, 2.05) is 37.3 Å². The first kappa shape index (κ1) is 16.0. The number of ether oxygens (including phenoxy) is 1. The lowest BCUT2D eigenvalue weighted by Gasteiger charge is -2.37. The van der Waals surface area contributed by atoms with E-state index in [4.69, 9.17) is 16.3 Å². The number of esters is 1. The van der Waals surface area contributed by atoms with Gasteiger partial charge in [-0.1, -0.05) is 41.9 Å². The number of hydrogen-bond acceptors (Lipinski definition) is 3. The van der Waals surface area contributed by atoms with Gasteiger partial charge in [-0.15, -0.1) is 0 Å². The Morgan fingerprint density at radius 2 is 1.83 bits per heavy atom. The zero-order valence-electron chi connectivity index (χ0n) is 13.1. The molecule has 1 heterocycles. The van der Waals surface area contributed by atoms with Crippen molar-refractivity contribution in [3.63, 3.8) is 0 Å². The monoisotopic (exact) mass is 329 g/mol. The van der Waals surface area contributed by atoms with Gasteiger partial charge in [0.25, 0.3) is 0 Å². The van der Waals surface area contributed by atoms with E-state index in [1.165, 1.54) is 0 Å². The summed E-state index contributed by atoms with van der Waals surface area (Å²) in [5.41, 5.74) is 1.92. The second-order valence-electron chi connectivity index (χ2n) is 5.96. The Morgan fingerprint density at radius 3 is 2.48 bits per heavy atom. The summed E-state index contributed by atoms with van der Waals surface area (Å²) in [7, 11) is 0. The number of rotatable bonds is 3. The topological polar surface area (TPSA) is 38.3 Å². The second kappa shape index (κ2) is 6.73. The van der Waals surface area contributed by atoms with E-state index >= 15 is 0 Å². The number of aryl methyl sites for hydroxylation is 1. The van der Waals surface area contributed by atoms with Gasteiger partial charge in [-0.2, -0.15) is 0 Å². The van der Waals surface area contributed by atoms with Gasteiger partial charge < -0.3 is 10.1 Å². The number of benzene rings is 2. The van der Waals surface area contributed by atoms with Crippen LogP contribution in [0.5, 0.6) is 0 Å². The van der Waals surface area contributed by atoms with Gasteiger partial charge in [-0.3, -0.25) is 0 Å². The molecule has 2 aromatic carbocycles. The van der Waals surface area contributed by atoms with E-state index in [2.05, 4.69) is 5.32 Å². The number of carbonyl (C=O) groups is 1. The molecule has 0 aromatic heterocycles. The summed E-state index contributed by atoms with van der Waals surface area (Å²) >= 11 is 6.04. The molecule has 2 aromatic rings. The zero-order chi connectivity index (χ0) is 16.3. The van der Waals surface area contributed by atoms with Gasteiger partial charge >= 0.3 is 5.97 Å². The van der Waals surface area contributed by atoms with Crippen molar-refractivity contribution >= 4 is 17.6 Å². The molecule has 1 saturated heterocycles. The average molecular weight is 330 g/mol. The van der Waals surface area contributed by atoms with Crippen LogP contribution in [0, 0.1) is 6.92 Å². The predicted octanol–water partition coefficient (Wildman–Crippen LogP) is 4.08. The third kappa shape index (κ3) is 3.41. The molecule has 0 unspecified atom stereocenters. The zero-order valence-corrected chi connectivity index (χ0v) is 13.9. The van der Waals surface area contributed by atoms with E-state index in [1.54, 1.807) is 18.2 Å². The van der Waals surface area contributed by atoms with Crippen molar-refractivity contribution in [2.45, 2.75) is 25.4 Å². The van der Waals surface area contributed by atoms with Crippen LogP contribution in [0.25, 0.3) is 0 Å². The Hall–Kier alpha value is -1.84. The number of hydrogen-bond donors (Lipinski definition) is 1. The Balaban J connectivity index is 1.89. The SMILES string of the molecule is Cc1cc(C(=O)OC2(c3ccccc3)CCNCC2)ccc1Cl. The van der Waals surface area contributed by atoms with Gasteiger partial charge in [0.2, 0.25) is 0 Å². The van der Waals surface area contributed by atoms with Gasteiger partial charge in [-0.05, 0) is 49.3 Å². The normalized spacial score (nSPS) is 16.8. The fourth-order valence-corrected chi connectivity index (χ4v) is 3.15. The number of piperidine rings is 1. The Bertz CT molecular complexity index is 694. The molecule has 0 radical (unpaired) electrons. The van der Waals surface area contributed by atoms with Crippen molar-refractivity contribution in [3.8, 4) is 0 Å². The van der Waals surface area contributed by atoms with Crippen LogP contribution in [0.15, 0.2) is 48.5 Å². The van der Waals surface area contributed by atoms with Crippen LogP contribution >= 0.6 is 11.6 Å². The fourth-order valence-electron chi connectivity index (χ4n) is 3.03. The molecule has 0 bridgehead atoms. The molecule has 4 heteroatoms. The number of nitrogens with one attached hydrogen (secondary N) is 1. The lowest BCUT2D eigenvalue weighted by molar-refractivity contribution is -0.0378. The fraction of sp³-hybridized carbons (Fsp3) is 0.316. The molecule has 0 atom stereocenters. The van der Waals surface area contributed by atoms with E-state index < -0.39 is 5.60 Å². The third-order valence-corrected chi connectivity index (χ3v) is 4.82. The average Bonchev–Trinajstić information content (AvgIpc) is 2.59. The smallest absolute Gasteiger partial charge is 0.339 e. The molecule has 3 rings (SSSR count). The summed E-state index contributed by atoms with van der Waals surface area (Å²) in [4.78, 5) is 12.7. The molecule has 0 saturated carbocycles. The predicted molar refractivity (Wildman–Crippen MR) is 91.8 cm³/mol. The van der Waals surface area contributed by atoms with Crippen molar-refractivity contribution in [1.82, 2.24) is 5.32 Å². The van der Waals surface area contributed by atoms with Crippen molar-refractivity contribution in [3.05, 3.63) is 70.2 Å². The largest absolute Gasteiger partial charge is 0.450 e. The minimum Gasteiger partial charge on any atom is -0.450 e. The van der Waals surface area contributed by atoms with Gasteiger partial charge in [-0.25, -0.2) is 4.79 Å². The van der Waals surface area contributed by atoms with Crippen LogP contribution < -0.4 is 5.32 Å². The van der Waals surface area contributed by atoms with Gasteiger partial charge in [0.15, 0.2) is 0 Å². The lowest BCUT2D eigenvalue weighted by atomic mass is 9.84. The molecule has 0 aliphatic carbocycles. The molecule has 23 heavy (non-hydrogen) atoms. The van der Waals surface area contributed by atoms with Crippen LogP contribution in [-0.2, 0) is 10.3 Å². The molecule has 1 aliphatic rings. The molecule has 1 fully saturated rings.